The maximum absolute atomic E-state index is 5.12. The fourth-order valence-corrected chi connectivity index (χ4v) is 2.00. The van der Waals surface area contributed by atoms with Gasteiger partial charge in [-0.1, -0.05) is 0 Å². The molecule has 0 bridgehead atoms. The van der Waals surface area contributed by atoms with Crippen LogP contribution in [0.3, 0.4) is 0 Å². The number of methoxy groups -OCH3 is 1. The maximum atomic E-state index is 5.12. The van der Waals surface area contributed by atoms with Crippen molar-refractivity contribution >= 4 is 33.3 Å². The number of halogens is 1. The Hall–Kier alpha value is -1.82. The van der Waals surface area contributed by atoms with E-state index in [-0.39, 0.29) is 0 Å². The Labute approximate surface area is 120 Å². The van der Waals surface area contributed by atoms with Crippen LogP contribution in [0.4, 0.5) is 17.3 Å². The minimum atomic E-state index is 0.719. The van der Waals surface area contributed by atoms with Gasteiger partial charge >= 0.3 is 0 Å². The summed E-state index contributed by atoms with van der Waals surface area (Å²) in [7, 11) is 1.64. The summed E-state index contributed by atoms with van der Waals surface area (Å²) >= 11 is 3.49. The van der Waals surface area contributed by atoms with Crippen LogP contribution < -0.4 is 15.4 Å². The standard InChI is InChI=1S/C13H15BrN4O/c1-3-15-12-11(14)13(17-8-16-12)18-9-4-6-10(19-2)7-5-9/h4-8H,3H2,1-2H3,(H2,15,16,17,18). The van der Waals surface area contributed by atoms with E-state index >= 15 is 0 Å². The third kappa shape index (κ3) is 3.35. The molecule has 5 nitrogen and oxygen atoms in total. The highest BCUT2D eigenvalue weighted by molar-refractivity contribution is 9.10. The first kappa shape index (κ1) is 13.6. The molecule has 19 heavy (non-hydrogen) atoms. The number of nitrogens with one attached hydrogen (secondary N) is 2. The highest BCUT2D eigenvalue weighted by Gasteiger charge is 2.08. The molecule has 0 aliphatic carbocycles. The van der Waals surface area contributed by atoms with Crippen molar-refractivity contribution in [1.82, 2.24) is 9.97 Å². The van der Waals surface area contributed by atoms with Gasteiger partial charge in [0.1, 0.15) is 28.2 Å². The van der Waals surface area contributed by atoms with Gasteiger partial charge in [-0.3, -0.25) is 0 Å². The molecule has 0 saturated heterocycles. The van der Waals surface area contributed by atoms with Crippen LogP contribution >= 0.6 is 15.9 Å². The van der Waals surface area contributed by atoms with E-state index in [2.05, 4.69) is 36.5 Å². The van der Waals surface area contributed by atoms with Gasteiger partial charge in [0.2, 0.25) is 0 Å². The van der Waals surface area contributed by atoms with Crippen molar-refractivity contribution in [2.24, 2.45) is 0 Å². The molecule has 0 unspecified atom stereocenters. The van der Waals surface area contributed by atoms with Crippen LogP contribution in [0.2, 0.25) is 0 Å². The average Bonchev–Trinajstić information content (AvgIpc) is 2.44. The third-order valence-electron chi connectivity index (χ3n) is 2.49. The Balaban J connectivity index is 2.20. The number of nitrogens with zero attached hydrogens (tertiary/aromatic N) is 2. The number of aromatic nitrogens is 2. The van der Waals surface area contributed by atoms with Crippen LogP contribution in [-0.4, -0.2) is 23.6 Å². The zero-order valence-electron chi connectivity index (χ0n) is 10.8. The molecule has 1 aromatic carbocycles. The molecule has 2 N–H and O–H groups in total. The molecular weight excluding hydrogens is 308 g/mol. The molecular formula is C13H15BrN4O. The summed E-state index contributed by atoms with van der Waals surface area (Å²) < 4.78 is 5.93. The number of rotatable bonds is 5. The Kier molecular flexibility index (Phi) is 4.57. The van der Waals surface area contributed by atoms with Crippen molar-refractivity contribution in [2.75, 3.05) is 24.3 Å². The second-order valence-electron chi connectivity index (χ2n) is 3.77. The summed E-state index contributed by atoms with van der Waals surface area (Å²) in [5.41, 5.74) is 0.933. The molecule has 0 atom stereocenters. The van der Waals surface area contributed by atoms with Gasteiger partial charge in [-0.2, -0.15) is 0 Å². The van der Waals surface area contributed by atoms with E-state index in [0.29, 0.717) is 0 Å². The van der Waals surface area contributed by atoms with Crippen LogP contribution in [0.15, 0.2) is 35.1 Å². The fourth-order valence-electron chi connectivity index (χ4n) is 1.56. The molecule has 1 heterocycles. The predicted octanol–water partition coefficient (Wildman–Crippen LogP) is 3.42. The average molecular weight is 323 g/mol. The molecule has 6 heteroatoms. The summed E-state index contributed by atoms with van der Waals surface area (Å²) in [5, 5.41) is 6.39. The molecule has 0 aliphatic heterocycles. The second kappa shape index (κ2) is 6.38. The van der Waals surface area contributed by atoms with E-state index in [9.17, 15) is 0 Å². The first-order valence-corrected chi connectivity index (χ1v) is 6.69. The molecule has 0 amide bonds. The van der Waals surface area contributed by atoms with Crippen molar-refractivity contribution < 1.29 is 4.74 Å². The van der Waals surface area contributed by atoms with Crippen LogP contribution in [0, 0.1) is 0 Å². The SMILES string of the molecule is CCNc1ncnc(Nc2ccc(OC)cc2)c1Br. The summed E-state index contributed by atoms with van der Waals surface area (Å²) in [6.45, 7) is 2.82. The summed E-state index contributed by atoms with van der Waals surface area (Å²) in [6.07, 6.45) is 1.52. The van der Waals surface area contributed by atoms with E-state index in [1.807, 2.05) is 31.2 Å². The van der Waals surface area contributed by atoms with E-state index in [1.165, 1.54) is 6.33 Å². The predicted molar refractivity (Wildman–Crippen MR) is 80.2 cm³/mol. The largest absolute Gasteiger partial charge is 0.497 e. The molecule has 0 saturated carbocycles. The van der Waals surface area contributed by atoms with Crippen LogP contribution in [0.1, 0.15) is 6.92 Å². The maximum Gasteiger partial charge on any atom is 0.150 e. The molecule has 100 valence electrons. The van der Waals surface area contributed by atoms with Crippen LogP contribution in [-0.2, 0) is 0 Å². The Morgan fingerprint density at radius 2 is 1.84 bits per heavy atom. The van der Waals surface area contributed by atoms with Gasteiger partial charge in [0, 0.05) is 12.2 Å². The number of anilines is 3. The lowest BCUT2D eigenvalue weighted by molar-refractivity contribution is 0.415. The van der Waals surface area contributed by atoms with Crippen molar-refractivity contribution in [2.45, 2.75) is 6.92 Å². The van der Waals surface area contributed by atoms with Gasteiger partial charge in [0.25, 0.3) is 0 Å². The molecule has 0 spiro atoms. The minimum Gasteiger partial charge on any atom is -0.497 e. The zero-order valence-corrected chi connectivity index (χ0v) is 12.4. The van der Waals surface area contributed by atoms with Crippen molar-refractivity contribution in [3.05, 3.63) is 35.1 Å². The zero-order chi connectivity index (χ0) is 13.7. The van der Waals surface area contributed by atoms with Crippen molar-refractivity contribution in [3.63, 3.8) is 0 Å². The van der Waals surface area contributed by atoms with E-state index in [4.69, 9.17) is 4.74 Å². The minimum absolute atomic E-state index is 0.719. The van der Waals surface area contributed by atoms with E-state index < -0.39 is 0 Å². The third-order valence-corrected chi connectivity index (χ3v) is 3.24. The van der Waals surface area contributed by atoms with Crippen LogP contribution in [0.25, 0.3) is 0 Å². The van der Waals surface area contributed by atoms with Gasteiger partial charge in [-0.05, 0) is 47.1 Å². The second-order valence-corrected chi connectivity index (χ2v) is 4.56. The molecule has 1 aromatic heterocycles. The topological polar surface area (TPSA) is 59.1 Å². The Bertz CT molecular complexity index is 545. The molecule has 0 aliphatic rings. The summed E-state index contributed by atoms with van der Waals surface area (Å²) in [6, 6.07) is 7.64. The number of hydrogen-bond donors (Lipinski definition) is 2. The first-order valence-electron chi connectivity index (χ1n) is 5.90. The van der Waals surface area contributed by atoms with E-state index in [0.717, 1.165) is 34.1 Å². The molecule has 0 fully saturated rings. The smallest absolute Gasteiger partial charge is 0.150 e. The first-order chi connectivity index (χ1) is 9.24. The van der Waals surface area contributed by atoms with Gasteiger partial charge < -0.3 is 15.4 Å². The highest BCUT2D eigenvalue weighted by atomic mass is 79.9. The number of ether oxygens (including phenoxy) is 1. The number of benzene rings is 1. The number of hydrogen-bond acceptors (Lipinski definition) is 5. The van der Waals surface area contributed by atoms with Gasteiger partial charge in [0.15, 0.2) is 0 Å². The lowest BCUT2D eigenvalue weighted by Crippen LogP contribution is -2.03. The van der Waals surface area contributed by atoms with E-state index in [1.54, 1.807) is 7.11 Å². The van der Waals surface area contributed by atoms with Crippen molar-refractivity contribution in [1.29, 1.82) is 0 Å². The fraction of sp³-hybridized carbons (Fsp3) is 0.231. The monoisotopic (exact) mass is 322 g/mol. The molecule has 0 radical (unpaired) electrons. The lowest BCUT2D eigenvalue weighted by Gasteiger charge is -2.11. The van der Waals surface area contributed by atoms with Crippen molar-refractivity contribution in [3.8, 4) is 5.75 Å². The molecule has 2 aromatic rings. The quantitative estimate of drug-likeness (QED) is 0.883. The Morgan fingerprint density at radius 3 is 2.47 bits per heavy atom. The van der Waals surface area contributed by atoms with Gasteiger partial charge in [-0.25, -0.2) is 9.97 Å². The Morgan fingerprint density at radius 1 is 1.16 bits per heavy atom. The van der Waals surface area contributed by atoms with Crippen LogP contribution in [0.5, 0.6) is 5.75 Å². The summed E-state index contributed by atoms with van der Waals surface area (Å²) in [4.78, 5) is 8.39. The van der Waals surface area contributed by atoms with Gasteiger partial charge in [0.05, 0.1) is 7.11 Å². The normalized spacial score (nSPS) is 10.1. The molecule has 2 rings (SSSR count). The van der Waals surface area contributed by atoms with Gasteiger partial charge in [-0.15, -0.1) is 0 Å². The highest BCUT2D eigenvalue weighted by Crippen LogP contribution is 2.29. The lowest BCUT2D eigenvalue weighted by atomic mass is 10.3. The summed E-state index contributed by atoms with van der Waals surface area (Å²) in [5.74, 6) is 2.31.